The van der Waals surface area contributed by atoms with Gasteiger partial charge < -0.3 is 9.88 Å². The first-order valence-electron chi connectivity index (χ1n) is 6.05. The maximum atomic E-state index is 4.51. The lowest BCUT2D eigenvalue weighted by atomic mass is 10.2. The van der Waals surface area contributed by atoms with Gasteiger partial charge in [-0.3, -0.25) is 0 Å². The Labute approximate surface area is 111 Å². The number of hydrogen-bond donors (Lipinski definition) is 1. The van der Waals surface area contributed by atoms with Crippen LogP contribution in [0.2, 0.25) is 0 Å². The molecule has 0 aliphatic carbocycles. The van der Waals surface area contributed by atoms with E-state index in [0.29, 0.717) is 0 Å². The second kappa shape index (κ2) is 5.82. The third-order valence-electron chi connectivity index (χ3n) is 2.68. The van der Waals surface area contributed by atoms with Crippen molar-refractivity contribution in [3.8, 4) is 0 Å². The zero-order chi connectivity index (χ0) is 13.0. The molecule has 0 bridgehead atoms. The van der Waals surface area contributed by atoms with Crippen LogP contribution < -0.4 is 5.32 Å². The largest absolute Gasteiger partial charge is 0.346 e. The lowest BCUT2D eigenvalue weighted by Crippen LogP contribution is -2.13. The van der Waals surface area contributed by atoms with Gasteiger partial charge in [-0.05, 0) is 13.3 Å². The Kier molecular flexibility index (Phi) is 4.15. The summed E-state index contributed by atoms with van der Waals surface area (Å²) in [5.74, 6) is 0.884. The van der Waals surface area contributed by atoms with Crippen molar-refractivity contribution in [1.29, 1.82) is 0 Å². The average molecular weight is 262 g/mol. The lowest BCUT2D eigenvalue weighted by Gasteiger charge is -2.15. The van der Waals surface area contributed by atoms with E-state index in [1.807, 2.05) is 30.8 Å². The Morgan fingerprint density at radius 2 is 2.44 bits per heavy atom. The van der Waals surface area contributed by atoms with E-state index in [9.17, 15) is 0 Å². The van der Waals surface area contributed by atoms with Gasteiger partial charge in [-0.25, -0.2) is 9.97 Å². The van der Waals surface area contributed by atoms with Crippen LogP contribution in [-0.2, 0) is 6.54 Å². The number of nitrogens with zero attached hydrogens (tertiary/aromatic N) is 3. The molecule has 0 radical (unpaired) electrons. The summed E-state index contributed by atoms with van der Waals surface area (Å²) in [6, 6.07) is 0.218. The summed E-state index contributed by atoms with van der Waals surface area (Å²) >= 11 is 1.67. The SMILES string of the molecule is C=CCn1cc(C)nc1NC(CC)c1nccs1. The standard InChI is InChI=1S/C13H18N4S/c1-4-7-17-9-10(3)15-13(17)16-11(5-2)12-14-6-8-18-12/h4,6,8-9,11H,1,5,7H2,2-3H3,(H,15,16). The molecule has 1 unspecified atom stereocenters. The van der Waals surface area contributed by atoms with Gasteiger partial charge in [0.15, 0.2) is 0 Å². The van der Waals surface area contributed by atoms with E-state index >= 15 is 0 Å². The number of thiazole rings is 1. The number of hydrogen-bond acceptors (Lipinski definition) is 4. The zero-order valence-corrected chi connectivity index (χ0v) is 11.6. The number of rotatable bonds is 6. The van der Waals surface area contributed by atoms with Gasteiger partial charge in [0.05, 0.1) is 11.7 Å². The Hall–Kier alpha value is -1.62. The number of anilines is 1. The van der Waals surface area contributed by atoms with Crippen molar-refractivity contribution in [3.05, 3.63) is 41.1 Å². The second-order valence-electron chi connectivity index (χ2n) is 4.12. The highest BCUT2D eigenvalue weighted by atomic mass is 32.1. The van der Waals surface area contributed by atoms with Gasteiger partial charge in [0.1, 0.15) is 5.01 Å². The Balaban J connectivity index is 2.19. The number of nitrogens with one attached hydrogen (secondary N) is 1. The maximum Gasteiger partial charge on any atom is 0.203 e. The first-order chi connectivity index (χ1) is 8.74. The van der Waals surface area contributed by atoms with Crippen LogP contribution in [0.5, 0.6) is 0 Å². The van der Waals surface area contributed by atoms with E-state index in [1.54, 1.807) is 11.3 Å². The normalized spacial score (nSPS) is 12.3. The van der Waals surface area contributed by atoms with E-state index in [0.717, 1.165) is 29.6 Å². The average Bonchev–Trinajstić information content (AvgIpc) is 2.97. The molecule has 2 rings (SSSR count). The first kappa shape index (κ1) is 12.8. The Bertz CT molecular complexity index is 501. The molecule has 0 aliphatic heterocycles. The number of allylic oxidation sites excluding steroid dienone is 1. The molecule has 0 saturated carbocycles. The van der Waals surface area contributed by atoms with Crippen molar-refractivity contribution >= 4 is 17.3 Å². The molecule has 0 aromatic carbocycles. The van der Waals surface area contributed by atoms with Crippen molar-refractivity contribution in [2.75, 3.05) is 5.32 Å². The summed E-state index contributed by atoms with van der Waals surface area (Å²) in [6.45, 7) is 8.67. The molecule has 96 valence electrons. The van der Waals surface area contributed by atoms with Crippen LogP contribution in [0.4, 0.5) is 5.95 Å². The second-order valence-corrected chi connectivity index (χ2v) is 5.05. The molecular weight excluding hydrogens is 244 g/mol. The smallest absolute Gasteiger partial charge is 0.203 e. The van der Waals surface area contributed by atoms with Crippen LogP contribution in [0.1, 0.15) is 30.1 Å². The van der Waals surface area contributed by atoms with Gasteiger partial charge in [-0.1, -0.05) is 13.0 Å². The number of aryl methyl sites for hydroxylation is 1. The molecule has 18 heavy (non-hydrogen) atoms. The summed E-state index contributed by atoms with van der Waals surface area (Å²) in [5, 5.41) is 6.56. The predicted molar refractivity (Wildman–Crippen MR) is 75.9 cm³/mol. The van der Waals surface area contributed by atoms with Crippen LogP contribution in [0, 0.1) is 6.92 Å². The fraction of sp³-hybridized carbons (Fsp3) is 0.385. The summed E-state index contributed by atoms with van der Waals surface area (Å²) in [6.07, 6.45) is 6.72. The minimum atomic E-state index is 0.218. The predicted octanol–water partition coefficient (Wildman–Crippen LogP) is 3.40. The summed E-state index contributed by atoms with van der Waals surface area (Å²) in [4.78, 5) is 8.87. The van der Waals surface area contributed by atoms with Gasteiger partial charge in [0, 0.05) is 24.3 Å². The van der Waals surface area contributed by atoms with Crippen molar-refractivity contribution in [1.82, 2.24) is 14.5 Å². The molecule has 1 N–H and O–H groups in total. The van der Waals surface area contributed by atoms with Crippen molar-refractivity contribution in [2.45, 2.75) is 32.9 Å². The van der Waals surface area contributed by atoms with Crippen molar-refractivity contribution in [2.24, 2.45) is 0 Å². The topological polar surface area (TPSA) is 42.7 Å². The lowest BCUT2D eigenvalue weighted by molar-refractivity contribution is 0.711. The molecule has 2 aromatic rings. The highest BCUT2D eigenvalue weighted by Crippen LogP contribution is 2.23. The van der Waals surface area contributed by atoms with Crippen molar-refractivity contribution < 1.29 is 0 Å². The maximum absolute atomic E-state index is 4.51. The molecule has 1 atom stereocenters. The van der Waals surface area contributed by atoms with E-state index < -0.39 is 0 Å². The molecule has 0 spiro atoms. The monoisotopic (exact) mass is 262 g/mol. The zero-order valence-electron chi connectivity index (χ0n) is 10.8. The van der Waals surface area contributed by atoms with Crippen LogP contribution in [0.3, 0.4) is 0 Å². The molecule has 2 heterocycles. The van der Waals surface area contributed by atoms with E-state index in [1.165, 1.54) is 0 Å². The molecule has 4 nitrogen and oxygen atoms in total. The van der Waals surface area contributed by atoms with Crippen molar-refractivity contribution in [3.63, 3.8) is 0 Å². The third-order valence-corrected chi connectivity index (χ3v) is 3.57. The van der Waals surface area contributed by atoms with Crippen LogP contribution >= 0.6 is 11.3 Å². The molecule has 0 aliphatic rings. The Morgan fingerprint density at radius 1 is 1.61 bits per heavy atom. The van der Waals surface area contributed by atoms with Gasteiger partial charge in [-0.15, -0.1) is 17.9 Å². The minimum Gasteiger partial charge on any atom is -0.346 e. The van der Waals surface area contributed by atoms with Gasteiger partial charge in [-0.2, -0.15) is 0 Å². The van der Waals surface area contributed by atoms with Gasteiger partial charge in [0.2, 0.25) is 5.95 Å². The molecule has 5 heteroatoms. The fourth-order valence-electron chi connectivity index (χ4n) is 1.84. The first-order valence-corrected chi connectivity index (χ1v) is 6.93. The summed E-state index contributed by atoms with van der Waals surface area (Å²) < 4.78 is 2.07. The fourth-order valence-corrected chi connectivity index (χ4v) is 2.61. The highest BCUT2D eigenvalue weighted by molar-refractivity contribution is 7.09. The third kappa shape index (κ3) is 2.79. The van der Waals surface area contributed by atoms with Crippen LogP contribution in [0.15, 0.2) is 30.4 Å². The number of imidazole rings is 1. The minimum absolute atomic E-state index is 0.218. The van der Waals surface area contributed by atoms with E-state index in [2.05, 4.69) is 33.4 Å². The summed E-state index contributed by atoms with van der Waals surface area (Å²) in [5.41, 5.74) is 1.01. The molecule has 2 aromatic heterocycles. The number of aromatic nitrogens is 3. The van der Waals surface area contributed by atoms with E-state index in [4.69, 9.17) is 0 Å². The van der Waals surface area contributed by atoms with Crippen LogP contribution in [-0.4, -0.2) is 14.5 Å². The summed E-state index contributed by atoms with van der Waals surface area (Å²) in [7, 11) is 0. The molecule has 0 saturated heterocycles. The quantitative estimate of drug-likeness (QED) is 0.811. The van der Waals surface area contributed by atoms with E-state index in [-0.39, 0.29) is 6.04 Å². The highest BCUT2D eigenvalue weighted by Gasteiger charge is 2.14. The molecule has 0 amide bonds. The van der Waals surface area contributed by atoms with Crippen LogP contribution in [0.25, 0.3) is 0 Å². The molecular formula is C13H18N4S. The Morgan fingerprint density at radius 3 is 3.06 bits per heavy atom. The van der Waals surface area contributed by atoms with Gasteiger partial charge in [0.25, 0.3) is 0 Å². The van der Waals surface area contributed by atoms with Gasteiger partial charge >= 0.3 is 0 Å². The molecule has 0 fully saturated rings.